The fourth-order valence-corrected chi connectivity index (χ4v) is 2.57. The monoisotopic (exact) mass is 194 g/mol. The van der Waals surface area contributed by atoms with E-state index < -0.39 is 0 Å². The van der Waals surface area contributed by atoms with E-state index in [1.165, 1.54) is 25.7 Å². The number of rotatable bonds is 4. The molecule has 0 bridgehead atoms. The Bertz CT molecular complexity index is 195. The number of carbonyl (C=O) groups is 1. The lowest BCUT2D eigenvalue weighted by atomic mass is 9.75. The molecule has 80 valence electrons. The third-order valence-corrected chi connectivity index (χ3v) is 3.49. The van der Waals surface area contributed by atoms with E-state index in [1.54, 1.807) is 0 Å². The lowest BCUT2D eigenvalue weighted by Crippen LogP contribution is -2.20. The molecular weight excluding hydrogens is 172 g/mol. The topological polar surface area (TPSA) is 17.1 Å². The van der Waals surface area contributed by atoms with E-state index in [4.69, 9.17) is 0 Å². The maximum Gasteiger partial charge on any atom is 0.120 e. The number of allylic oxidation sites excluding steroid dienone is 2. The summed E-state index contributed by atoms with van der Waals surface area (Å²) in [5.74, 6) is 2.13. The quantitative estimate of drug-likeness (QED) is 0.493. The van der Waals surface area contributed by atoms with Crippen LogP contribution in [0.4, 0.5) is 0 Å². The van der Waals surface area contributed by atoms with Crippen LogP contribution in [-0.4, -0.2) is 6.29 Å². The van der Waals surface area contributed by atoms with Gasteiger partial charge in [0.25, 0.3) is 0 Å². The first kappa shape index (κ1) is 11.5. The largest absolute Gasteiger partial charge is 0.303 e. The van der Waals surface area contributed by atoms with Gasteiger partial charge in [-0.2, -0.15) is 0 Å². The van der Waals surface area contributed by atoms with Crippen molar-refractivity contribution in [3.63, 3.8) is 0 Å². The molecule has 0 aromatic carbocycles. The van der Waals surface area contributed by atoms with Crippen LogP contribution in [0.3, 0.4) is 0 Å². The van der Waals surface area contributed by atoms with Gasteiger partial charge in [0.2, 0.25) is 0 Å². The molecular formula is C13H22O. The van der Waals surface area contributed by atoms with Gasteiger partial charge < -0.3 is 4.79 Å². The molecule has 1 rings (SSSR count). The summed E-state index contributed by atoms with van der Waals surface area (Å²) in [5.41, 5.74) is 0. The van der Waals surface area contributed by atoms with Gasteiger partial charge in [0.05, 0.1) is 0 Å². The molecule has 14 heavy (non-hydrogen) atoms. The van der Waals surface area contributed by atoms with E-state index in [1.807, 2.05) is 0 Å². The molecule has 0 N–H and O–H groups in total. The van der Waals surface area contributed by atoms with Crippen LogP contribution >= 0.6 is 0 Å². The third-order valence-electron chi connectivity index (χ3n) is 3.49. The zero-order valence-electron chi connectivity index (χ0n) is 9.41. The van der Waals surface area contributed by atoms with Crippen LogP contribution in [0.2, 0.25) is 0 Å². The lowest BCUT2D eigenvalue weighted by molar-refractivity contribution is -0.109. The van der Waals surface area contributed by atoms with E-state index in [-0.39, 0.29) is 0 Å². The average Bonchev–Trinajstić information content (AvgIpc) is 2.19. The molecule has 0 spiro atoms. The van der Waals surface area contributed by atoms with Gasteiger partial charge in [0.1, 0.15) is 6.29 Å². The molecule has 3 atom stereocenters. The van der Waals surface area contributed by atoms with Crippen LogP contribution in [0.1, 0.15) is 46.0 Å². The second-order valence-electron chi connectivity index (χ2n) is 4.59. The van der Waals surface area contributed by atoms with E-state index in [2.05, 4.69) is 26.0 Å². The summed E-state index contributed by atoms with van der Waals surface area (Å²) in [4.78, 5) is 10.5. The molecule has 3 unspecified atom stereocenters. The van der Waals surface area contributed by atoms with Crippen molar-refractivity contribution in [2.45, 2.75) is 46.0 Å². The SMILES string of the molecule is C/C=C/C1CCCC(C(C)CC=O)C1. The Morgan fingerprint density at radius 1 is 1.43 bits per heavy atom. The van der Waals surface area contributed by atoms with Crippen LogP contribution in [0.5, 0.6) is 0 Å². The van der Waals surface area contributed by atoms with Gasteiger partial charge in [-0.25, -0.2) is 0 Å². The van der Waals surface area contributed by atoms with Crippen molar-refractivity contribution in [1.82, 2.24) is 0 Å². The summed E-state index contributed by atoms with van der Waals surface area (Å²) in [6.07, 6.45) is 11.6. The first-order valence-corrected chi connectivity index (χ1v) is 5.84. The van der Waals surface area contributed by atoms with Crippen LogP contribution in [0.15, 0.2) is 12.2 Å². The molecule has 1 aliphatic carbocycles. The highest BCUT2D eigenvalue weighted by atomic mass is 16.1. The second kappa shape index (κ2) is 6.00. The Hall–Kier alpha value is -0.590. The predicted molar refractivity (Wildman–Crippen MR) is 60.1 cm³/mol. The van der Waals surface area contributed by atoms with Crippen LogP contribution in [0.25, 0.3) is 0 Å². The van der Waals surface area contributed by atoms with Crippen molar-refractivity contribution in [3.05, 3.63) is 12.2 Å². The minimum absolute atomic E-state index is 0.584. The van der Waals surface area contributed by atoms with E-state index >= 15 is 0 Å². The Kier molecular flexibility index (Phi) is 4.92. The number of carbonyl (C=O) groups excluding carboxylic acids is 1. The molecule has 0 radical (unpaired) electrons. The smallest absolute Gasteiger partial charge is 0.120 e. The summed E-state index contributed by atoms with van der Waals surface area (Å²) in [6, 6.07) is 0. The first-order chi connectivity index (χ1) is 6.77. The molecule has 1 fully saturated rings. The molecule has 1 nitrogen and oxygen atoms in total. The van der Waals surface area contributed by atoms with Crippen molar-refractivity contribution >= 4 is 6.29 Å². The zero-order valence-corrected chi connectivity index (χ0v) is 9.41. The van der Waals surface area contributed by atoms with Crippen LogP contribution in [0, 0.1) is 17.8 Å². The molecule has 1 heteroatoms. The van der Waals surface area contributed by atoms with Crippen LogP contribution < -0.4 is 0 Å². The third kappa shape index (κ3) is 3.28. The highest BCUT2D eigenvalue weighted by Gasteiger charge is 2.24. The fourth-order valence-electron chi connectivity index (χ4n) is 2.57. The molecule has 0 amide bonds. The Morgan fingerprint density at radius 3 is 2.86 bits per heavy atom. The van der Waals surface area contributed by atoms with Gasteiger partial charge in [-0.1, -0.05) is 31.9 Å². The number of aldehydes is 1. The van der Waals surface area contributed by atoms with Crippen LogP contribution in [-0.2, 0) is 4.79 Å². The highest BCUT2D eigenvalue weighted by Crippen LogP contribution is 2.35. The van der Waals surface area contributed by atoms with Crippen molar-refractivity contribution in [3.8, 4) is 0 Å². The van der Waals surface area contributed by atoms with Gasteiger partial charge in [0, 0.05) is 6.42 Å². The van der Waals surface area contributed by atoms with Crippen molar-refractivity contribution in [1.29, 1.82) is 0 Å². The summed E-state index contributed by atoms with van der Waals surface area (Å²) in [5, 5.41) is 0. The Morgan fingerprint density at radius 2 is 2.21 bits per heavy atom. The molecule has 1 aliphatic rings. The molecule has 0 aliphatic heterocycles. The van der Waals surface area contributed by atoms with Crippen molar-refractivity contribution < 1.29 is 4.79 Å². The minimum Gasteiger partial charge on any atom is -0.303 e. The van der Waals surface area contributed by atoms with Gasteiger partial charge >= 0.3 is 0 Å². The number of hydrogen-bond acceptors (Lipinski definition) is 1. The van der Waals surface area contributed by atoms with E-state index in [0.717, 1.165) is 24.5 Å². The van der Waals surface area contributed by atoms with Gasteiger partial charge in [-0.05, 0) is 37.5 Å². The van der Waals surface area contributed by atoms with Crippen molar-refractivity contribution in [2.75, 3.05) is 0 Å². The Labute approximate surface area is 87.6 Å². The van der Waals surface area contributed by atoms with E-state index in [9.17, 15) is 4.79 Å². The average molecular weight is 194 g/mol. The van der Waals surface area contributed by atoms with Gasteiger partial charge in [-0.3, -0.25) is 0 Å². The lowest BCUT2D eigenvalue weighted by Gasteiger charge is -2.31. The standard InChI is InChI=1S/C13H22O/c1-3-5-12-6-4-7-13(10-12)11(2)8-9-14/h3,5,9,11-13H,4,6-8,10H2,1-2H3/b5-3+. The second-order valence-corrected chi connectivity index (χ2v) is 4.59. The maximum absolute atomic E-state index is 10.5. The van der Waals surface area contributed by atoms with Gasteiger partial charge in [0.15, 0.2) is 0 Å². The number of hydrogen-bond donors (Lipinski definition) is 0. The molecule has 0 heterocycles. The summed E-state index contributed by atoms with van der Waals surface area (Å²) in [6.45, 7) is 4.32. The predicted octanol–water partition coefficient (Wildman–Crippen LogP) is 3.59. The highest BCUT2D eigenvalue weighted by molar-refractivity contribution is 5.49. The Balaban J connectivity index is 2.42. The normalized spacial score (nSPS) is 30.4. The molecule has 1 saturated carbocycles. The van der Waals surface area contributed by atoms with E-state index in [0.29, 0.717) is 5.92 Å². The molecule has 0 aromatic heterocycles. The van der Waals surface area contributed by atoms with Crippen molar-refractivity contribution in [2.24, 2.45) is 17.8 Å². The minimum atomic E-state index is 0.584. The fraction of sp³-hybridized carbons (Fsp3) is 0.769. The molecule has 0 aromatic rings. The van der Waals surface area contributed by atoms with Gasteiger partial charge in [-0.15, -0.1) is 0 Å². The zero-order chi connectivity index (χ0) is 10.4. The maximum atomic E-state index is 10.5. The molecule has 0 saturated heterocycles. The summed E-state index contributed by atoms with van der Waals surface area (Å²) in [7, 11) is 0. The first-order valence-electron chi connectivity index (χ1n) is 5.84. The summed E-state index contributed by atoms with van der Waals surface area (Å²) < 4.78 is 0. The summed E-state index contributed by atoms with van der Waals surface area (Å²) >= 11 is 0.